The van der Waals surface area contributed by atoms with Gasteiger partial charge in [0, 0.05) is 5.69 Å². The van der Waals surface area contributed by atoms with Crippen molar-refractivity contribution < 1.29 is 13.9 Å². The Bertz CT molecular complexity index is 1050. The highest BCUT2D eigenvalue weighted by Gasteiger charge is 2.26. The molecule has 1 N–H and O–H groups in total. The number of carbonyl (C=O) groups excluding carboxylic acids is 1. The molecule has 1 aliphatic carbocycles. The third-order valence-corrected chi connectivity index (χ3v) is 6.67. The van der Waals surface area contributed by atoms with Crippen LogP contribution in [0.25, 0.3) is 0 Å². The zero-order valence-electron chi connectivity index (χ0n) is 18.1. The first-order valence-corrected chi connectivity index (χ1v) is 11.5. The molecule has 1 atom stereocenters. The average Bonchev–Trinajstić information content (AvgIpc) is 3.40. The van der Waals surface area contributed by atoms with Gasteiger partial charge in [0.1, 0.15) is 5.75 Å². The number of amides is 1. The van der Waals surface area contributed by atoms with E-state index in [0.29, 0.717) is 11.1 Å². The van der Waals surface area contributed by atoms with E-state index in [1.54, 1.807) is 0 Å². The third kappa shape index (κ3) is 5.47. The molecule has 31 heavy (non-hydrogen) atoms. The first-order valence-electron chi connectivity index (χ1n) is 10.6. The van der Waals surface area contributed by atoms with Crippen molar-refractivity contribution in [3.63, 3.8) is 0 Å². The largest absolute Gasteiger partial charge is 0.484 e. The summed E-state index contributed by atoms with van der Waals surface area (Å²) in [5, 5.41) is 11.2. The fraction of sp³-hybridized carbons (Fsp3) is 0.375. The lowest BCUT2D eigenvalue weighted by Gasteiger charge is -2.18. The number of thioether (sulfide) groups is 1. The maximum absolute atomic E-state index is 13.0. The first kappa shape index (κ1) is 21.4. The molecule has 0 aliphatic heterocycles. The predicted molar refractivity (Wildman–Crippen MR) is 121 cm³/mol. The minimum atomic E-state index is -0.348. The molecule has 1 unspecified atom stereocenters. The quantitative estimate of drug-likeness (QED) is 0.488. The summed E-state index contributed by atoms with van der Waals surface area (Å²) in [5.41, 5.74) is 4.73. The van der Waals surface area contributed by atoms with Gasteiger partial charge in [0.15, 0.2) is 6.61 Å². The van der Waals surface area contributed by atoms with E-state index >= 15 is 0 Å². The number of fused-ring (bicyclic) bond motifs is 1. The lowest BCUT2D eigenvalue weighted by Crippen LogP contribution is -2.29. The molecule has 0 bridgehead atoms. The molecular weight excluding hydrogens is 410 g/mol. The minimum Gasteiger partial charge on any atom is -0.484 e. The van der Waals surface area contributed by atoms with Crippen LogP contribution in [0.1, 0.15) is 42.8 Å². The van der Waals surface area contributed by atoms with E-state index in [1.807, 2.05) is 51.1 Å². The SMILES string of the molecule is Cc1ccc(OCc2nnc(SC(C(=O)Nc3ccc4c(c3)CCC4)C(C)C)o2)cc1. The van der Waals surface area contributed by atoms with Crippen LogP contribution in [0.2, 0.25) is 0 Å². The fourth-order valence-corrected chi connectivity index (χ4v) is 4.48. The molecule has 0 saturated carbocycles. The predicted octanol–water partition coefficient (Wildman–Crippen LogP) is 5.20. The van der Waals surface area contributed by atoms with Crippen LogP contribution in [0.4, 0.5) is 5.69 Å². The smallest absolute Gasteiger partial charge is 0.277 e. The van der Waals surface area contributed by atoms with Crippen LogP contribution in [0.15, 0.2) is 52.1 Å². The summed E-state index contributed by atoms with van der Waals surface area (Å²) in [7, 11) is 0. The van der Waals surface area contributed by atoms with Crippen molar-refractivity contribution in [2.45, 2.75) is 57.1 Å². The Balaban J connectivity index is 1.36. The Kier molecular flexibility index (Phi) is 6.61. The average molecular weight is 438 g/mol. The molecule has 1 aliphatic rings. The maximum atomic E-state index is 13.0. The number of rotatable bonds is 8. The van der Waals surface area contributed by atoms with Crippen LogP contribution in [-0.2, 0) is 24.2 Å². The highest BCUT2D eigenvalue weighted by molar-refractivity contribution is 8.00. The van der Waals surface area contributed by atoms with Crippen LogP contribution in [-0.4, -0.2) is 21.4 Å². The van der Waals surface area contributed by atoms with Crippen LogP contribution in [0.5, 0.6) is 5.75 Å². The van der Waals surface area contributed by atoms with Crippen molar-refractivity contribution >= 4 is 23.4 Å². The topological polar surface area (TPSA) is 77.2 Å². The first-order chi connectivity index (χ1) is 15.0. The minimum absolute atomic E-state index is 0.0615. The van der Waals surface area contributed by atoms with Gasteiger partial charge in [0.25, 0.3) is 11.1 Å². The molecule has 2 aromatic carbocycles. The second-order valence-electron chi connectivity index (χ2n) is 8.17. The van der Waals surface area contributed by atoms with Crippen molar-refractivity contribution in [3.8, 4) is 5.75 Å². The number of nitrogens with one attached hydrogen (secondary N) is 1. The van der Waals surface area contributed by atoms with E-state index in [2.05, 4.69) is 27.6 Å². The fourth-order valence-electron chi connectivity index (χ4n) is 3.59. The van der Waals surface area contributed by atoms with Crippen molar-refractivity contribution in [2.75, 3.05) is 5.32 Å². The summed E-state index contributed by atoms with van der Waals surface area (Å²) in [6, 6.07) is 14.0. The van der Waals surface area contributed by atoms with Crippen molar-refractivity contribution in [2.24, 2.45) is 5.92 Å². The van der Waals surface area contributed by atoms with Crippen LogP contribution in [0, 0.1) is 12.8 Å². The van der Waals surface area contributed by atoms with E-state index in [0.717, 1.165) is 24.3 Å². The lowest BCUT2D eigenvalue weighted by molar-refractivity contribution is -0.116. The molecule has 3 aromatic rings. The zero-order valence-corrected chi connectivity index (χ0v) is 18.9. The molecular formula is C24H27N3O3S. The highest BCUT2D eigenvalue weighted by Crippen LogP contribution is 2.30. The normalized spacial score (nSPS) is 13.8. The number of hydrogen-bond acceptors (Lipinski definition) is 6. The zero-order chi connectivity index (χ0) is 21.8. The molecule has 4 rings (SSSR count). The molecule has 1 aromatic heterocycles. The molecule has 1 heterocycles. The van der Waals surface area contributed by atoms with Crippen LogP contribution < -0.4 is 10.1 Å². The summed E-state index contributed by atoms with van der Waals surface area (Å²) in [5.74, 6) is 1.16. The van der Waals surface area contributed by atoms with E-state index < -0.39 is 0 Å². The number of benzene rings is 2. The summed E-state index contributed by atoms with van der Waals surface area (Å²) >= 11 is 1.29. The number of anilines is 1. The number of ether oxygens (including phenoxy) is 1. The van der Waals surface area contributed by atoms with Gasteiger partial charge in [-0.05, 0) is 67.5 Å². The number of carbonyl (C=O) groups is 1. The van der Waals surface area contributed by atoms with Gasteiger partial charge in [0.05, 0.1) is 5.25 Å². The summed E-state index contributed by atoms with van der Waals surface area (Å²) in [6.07, 6.45) is 3.39. The van der Waals surface area contributed by atoms with Gasteiger partial charge in [-0.1, -0.05) is 49.4 Å². The number of hydrogen-bond donors (Lipinski definition) is 1. The second kappa shape index (κ2) is 9.56. The maximum Gasteiger partial charge on any atom is 0.277 e. The van der Waals surface area contributed by atoms with E-state index in [4.69, 9.17) is 9.15 Å². The molecule has 0 spiro atoms. The van der Waals surface area contributed by atoms with Crippen LogP contribution in [0.3, 0.4) is 0 Å². The summed E-state index contributed by atoms with van der Waals surface area (Å²) < 4.78 is 11.4. The van der Waals surface area contributed by atoms with Crippen LogP contribution >= 0.6 is 11.8 Å². The van der Waals surface area contributed by atoms with Gasteiger partial charge in [-0.15, -0.1) is 10.2 Å². The Hall–Kier alpha value is -2.80. The van der Waals surface area contributed by atoms with E-state index in [9.17, 15) is 4.79 Å². The Morgan fingerprint density at radius 3 is 2.68 bits per heavy atom. The number of aromatic nitrogens is 2. The van der Waals surface area contributed by atoms with Crippen molar-refractivity contribution in [1.29, 1.82) is 0 Å². The third-order valence-electron chi connectivity index (χ3n) is 5.29. The Morgan fingerprint density at radius 1 is 1.13 bits per heavy atom. The molecule has 0 saturated heterocycles. The van der Waals surface area contributed by atoms with Gasteiger partial charge in [-0.3, -0.25) is 4.79 Å². The number of nitrogens with zero attached hydrogens (tertiary/aromatic N) is 2. The second-order valence-corrected chi connectivity index (χ2v) is 9.27. The molecule has 162 valence electrons. The summed E-state index contributed by atoms with van der Waals surface area (Å²) in [6.45, 7) is 6.23. The highest BCUT2D eigenvalue weighted by atomic mass is 32.2. The molecule has 7 heteroatoms. The van der Waals surface area contributed by atoms with E-state index in [1.165, 1.54) is 34.9 Å². The van der Waals surface area contributed by atoms with Gasteiger partial charge in [-0.2, -0.15) is 0 Å². The Labute approximate surface area is 186 Å². The molecule has 1 amide bonds. The van der Waals surface area contributed by atoms with Crippen molar-refractivity contribution in [3.05, 3.63) is 65.0 Å². The molecule has 6 nitrogen and oxygen atoms in total. The van der Waals surface area contributed by atoms with Crippen molar-refractivity contribution in [1.82, 2.24) is 10.2 Å². The van der Waals surface area contributed by atoms with Gasteiger partial charge in [-0.25, -0.2) is 0 Å². The Morgan fingerprint density at radius 2 is 1.90 bits per heavy atom. The van der Waals surface area contributed by atoms with Gasteiger partial charge in [0.2, 0.25) is 5.91 Å². The summed E-state index contributed by atoms with van der Waals surface area (Å²) in [4.78, 5) is 13.0. The number of aryl methyl sites for hydroxylation is 3. The molecule has 0 radical (unpaired) electrons. The van der Waals surface area contributed by atoms with Gasteiger partial charge >= 0.3 is 0 Å². The molecule has 0 fully saturated rings. The lowest BCUT2D eigenvalue weighted by atomic mass is 10.1. The van der Waals surface area contributed by atoms with E-state index in [-0.39, 0.29) is 23.7 Å². The monoisotopic (exact) mass is 437 g/mol. The van der Waals surface area contributed by atoms with Gasteiger partial charge < -0.3 is 14.5 Å². The standard InChI is InChI=1S/C24H27N3O3S/c1-15(2)22(23(28)25-19-10-9-17-5-4-6-18(17)13-19)31-24-27-26-21(30-24)14-29-20-11-7-16(3)8-12-20/h7-13,15,22H,4-6,14H2,1-3H3,(H,25,28).